The molecule has 1 atom stereocenters. The molecule has 3 rings (SSSR count). The minimum absolute atomic E-state index is 0.0120. The first-order valence-corrected chi connectivity index (χ1v) is 7.11. The van der Waals surface area contributed by atoms with Gasteiger partial charge in [0.1, 0.15) is 12.6 Å². The van der Waals surface area contributed by atoms with Crippen molar-refractivity contribution in [2.24, 2.45) is 13.0 Å². The summed E-state index contributed by atoms with van der Waals surface area (Å²) >= 11 is 6.21. The Labute approximate surface area is 122 Å². The zero-order valence-electron chi connectivity index (χ0n) is 11.5. The summed E-state index contributed by atoms with van der Waals surface area (Å²) in [5.41, 5.74) is 1.50. The second-order valence-corrected chi connectivity index (χ2v) is 5.92. The molecule has 20 heavy (non-hydrogen) atoms. The number of nitrogens with one attached hydrogen (secondary N) is 1. The average Bonchev–Trinajstić information content (AvgIpc) is 3.18. The van der Waals surface area contributed by atoms with Crippen molar-refractivity contribution >= 4 is 23.4 Å². The number of hydrogen-bond donors (Lipinski definition) is 1. The fraction of sp³-hybridized carbons (Fsp3) is 0.615. The summed E-state index contributed by atoms with van der Waals surface area (Å²) in [7, 11) is 1.79. The Bertz CT molecular complexity index is 579. The van der Waals surface area contributed by atoms with E-state index in [-0.39, 0.29) is 24.4 Å². The molecule has 1 aromatic rings. The fourth-order valence-corrected chi connectivity index (χ4v) is 2.86. The van der Waals surface area contributed by atoms with Crippen molar-refractivity contribution < 1.29 is 9.59 Å². The molecule has 0 bridgehead atoms. The Morgan fingerprint density at radius 2 is 2.10 bits per heavy atom. The van der Waals surface area contributed by atoms with Crippen LogP contribution in [0.15, 0.2) is 0 Å². The maximum Gasteiger partial charge on any atom is 0.246 e. The van der Waals surface area contributed by atoms with Crippen molar-refractivity contribution in [3.8, 4) is 0 Å². The topological polar surface area (TPSA) is 67.2 Å². The van der Waals surface area contributed by atoms with Crippen LogP contribution in [-0.4, -0.2) is 39.1 Å². The minimum atomic E-state index is -0.357. The van der Waals surface area contributed by atoms with Crippen LogP contribution in [0.25, 0.3) is 0 Å². The zero-order valence-corrected chi connectivity index (χ0v) is 12.3. The number of rotatable bonds is 3. The van der Waals surface area contributed by atoms with Crippen molar-refractivity contribution in [1.82, 2.24) is 20.0 Å². The summed E-state index contributed by atoms with van der Waals surface area (Å²) < 4.78 is 1.67. The largest absolute Gasteiger partial charge is 0.342 e. The molecule has 7 heteroatoms. The predicted octanol–water partition coefficient (Wildman–Crippen LogP) is 0.619. The van der Waals surface area contributed by atoms with Gasteiger partial charge in [-0.3, -0.25) is 14.3 Å². The van der Waals surface area contributed by atoms with Gasteiger partial charge in [0.15, 0.2) is 0 Å². The van der Waals surface area contributed by atoms with Gasteiger partial charge in [0.05, 0.1) is 23.0 Å². The molecule has 0 radical (unpaired) electrons. The summed E-state index contributed by atoms with van der Waals surface area (Å²) in [5, 5.41) is 7.59. The van der Waals surface area contributed by atoms with E-state index in [0.717, 1.165) is 24.2 Å². The molecule has 0 spiro atoms. The lowest BCUT2D eigenvalue weighted by Crippen LogP contribution is -2.58. The Balaban J connectivity index is 1.81. The third-order valence-corrected chi connectivity index (χ3v) is 4.42. The highest BCUT2D eigenvalue weighted by Gasteiger charge is 2.42. The Kier molecular flexibility index (Phi) is 3.20. The van der Waals surface area contributed by atoms with E-state index < -0.39 is 0 Å². The van der Waals surface area contributed by atoms with E-state index in [4.69, 9.17) is 11.6 Å². The lowest BCUT2D eigenvalue weighted by atomic mass is 10.1. The number of hydrogen-bond acceptors (Lipinski definition) is 3. The molecular weight excluding hydrogens is 280 g/mol. The van der Waals surface area contributed by atoms with Crippen molar-refractivity contribution in [1.29, 1.82) is 0 Å². The van der Waals surface area contributed by atoms with Crippen LogP contribution in [0.3, 0.4) is 0 Å². The highest BCUT2D eigenvalue weighted by molar-refractivity contribution is 6.31. The van der Waals surface area contributed by atoms with Gasteiger partial charge in [0.25, 0.3) is 0 Å². The van der Waals surface area contributed by atoms with Crippen LogP contribution >= 0.6 is 11.6 Å². The summed E-state index contributed by atoms with van der Waals surface area (Å²) in [6, 6.07) is -0.357. The number of aryl methyl sites for hydroxylation is 2. The summed E-state index contributed by atoms with van der Waals surface area (Å²) in [5.74, 6) is 0.191. The van der Waals surface area contributed by atoms with E-state index >= 15 is 0 Å². The van der Waals surface area contributed by atoms with E-state index in [1.165, 1.54) is 0 Å². The van der Waals surface area contributed by atoms with Crippen LogP contribution in [0.4, 0.5) is 0 Å². The molecule has 1 saturated heterocycles. The Morgan fingerprint density at radius 3 is 2.65 bits per heavy atom. The van der Waals surface area contributed by atoms with Crippen molar-refractivity contribution in [3.05, 3.63) is 16.4 Å². The van der Waals surface area contributed by atoms with Crippen molar-refractivity contribution in [3.63, 3.8) is 0 Å². The van der Waals surface area contributed by atoms with E-state index in [9.17, 15) is 9.59 Å². The van der Waals surface area contributed by atoms with E-state index in [1.807, 2.05) is 6.92 Å². The molecule has 2 aliphatic rings. The van der Waals surface area contributed by atoms with Gasteiger partial charge >= 0.3 is 0 Å². The first-order chi connectivity index (χ1) is 9.47. The Hall–Kier alpha value is -1.56. The lowest BCUT2D eigenvalue weighted by molar-refractivity contribution is -0.145. The molecule has 2 fully saturated rings. The van der Waals surface area contributed by atoms with Crippen LogP contribution in [0.1, 0.15) is 24.2 Å². The maximum atomic E-state index is 12.4. The molecule has 6 nitrogen and oxygen atoms in total. The first kappa shape index (κ1) is 13.4. The van der Waals surface area contributed by atoms with E-state index in [0.29, 0.717) is 17.5 Å². The van der Waals surface area contributed by atoms with Crippen LogP contribution in [0, 0.1) is 12.8 Å². The molecule has 1 aromatic heterocycles. The van der Waals surface area contributed by atoms with Gasteiger partial charge in [0.2, 0.25) is 11.8 Å². The highest BCUT2D eigenvalue weighted by atomic mass is 35.5. The normalized spacial score (nSPS) is 23.1. The lowest BCUT2D eigenvalue weighted by Gasteiger charge is -2.32. The second-order valence-electron chi connectivity index (χ2n) is 5.55. The SMILES string of the molecule is Cc1nn(C)c(CN2CC(=O)NC(C3CC3)C2=O)c1Cl. The molecule has 2 amide bonds. The van der Waals surface area contributed by atoms with Gasteiger partial charge in [-0.2, -0.15) is 5.10 Å². The molecule has 2 heterocycles. The Morgan fingerprint density at radius 1 is 1.40 bits per heavy atom. The molecule has 1 aliphatic carbocycles. The summed E-state index contributed by atoms with van der Waals surface area (Å²) in [6.45, 7) is 2.23. The van der Waals surface area contributed by atoms with Gasteiger partial charge in [0, 0.05) is 7.05 Å². The fourth-order valence-electron chi connectivity index (χ4n) is 2.64. The van der Waals surface area contributed by atoms with E-state index in [1.54, 1.807) is 16.6 Å². The smallest absolute Gasteiger partial charge is 0.246 e. The van der Waals surface area contributed by atoms with Gasteiger partial charge in [-0.15, -0.1) is 0 Å². The van der Waals surface area contributed by atoms with Crippen LogP contribution < -0.4 is 5.32 Å². The molecule has 1 saturated carbocycles. The van der Waals surface area contributed by atoms with Crippen molar-refractivity contribution in [2.45, 2.75) is 32.4 Å². The molecule has 1 N–H and O–H groups in total. The van der Waals surface area contributed by atoms with Gasteiger partial charge in [-0.05, 0) is 25.7 Å². The molecule has 1 aliphatic heterocycles. The monoisotopic (exact) mass is 296 g/mol. The first-order valence-electron chi connectivity index (χ1n) is 6.73. The van der Waals surface area contributed by atoms with Gasteiger partial charge in [-0.1, -0.05) is 11.6 Å². The number of piperazine rings is 1. The maximum absolute atomic E-state index is 12.4. The van der Waals surface area contributed by atoms with Crippen molar-refractivity contribution in [2.75, 3.05) is 6.54 Å². The molecule has 108 valence electrons. The number of halogens is 1. The summed E-state index contributed by atoms with van der Waals surface area (Å²) in [6.07, 6.45) is 2.02. The van der Waals surface area contributed by atoms with Gasteiger partial charge in [-0.25, -0.2) is 0 Å². The average molecular weight is 297 g/mol. The minimum Gasteiger partial charge on any atom is -0.342 e. The number of carbonyl (C=O) groups excluding carboxylic acids is 2. The quantitative estimate of drug-likeness (QED) is 0.889. The number of amides is 2. The second kappa shape index (κ2) is 4.77. The zero-order chi connectivity index (χ0) is 14.4. The third-order valence-electron chi connectivity index (χ3n) is 3.92. The van der Waals surface area contributed by atoms with Crippen LogP contribution in [0.5, 0.6) is 0 Å². The third kappa shape index (κ3) is 2.28. The van der Waals surface area contributed by atoms with Crippen LogP contribution in [0.2, 0.25) is 5.02 Å². The number of aromatic nitrogens is 2. The van der Waals surface area contributed by atoms with Gasteiger partial charge < -0.3 is 10.2 Å². The number of nitrogens with zero attached hydrogens (tertiary/aromatic N) is 3. The van der Waals surface area contributed by atoms with E-state index in [2.05, 4.69) is 10.4 Å². The number of carbonyl (C=O) groups is 2. The highest BCUT2D eigenvalue weighted by Crippen LogP contribution is 2.34. The summed E-state index contributed by atoms with van der Waals surface area (Å²) in [4.78, 5) is 25.8. The molecule has 0 aromatic carbocycles. The van der Waals surface area contributed by atoms with Crippen LogP contribution in [-0.2, 0) is 23.2 Å². The molecule has 1 unspecified atom stereocenters. The standard InChI is InChI=1S/C13H17ClN4O2/c1-7-11(14)9(17(2)16-7)5-18-6-10(19)15-12(13(18)20)8-3-4-8/h8,12H,3-6H2,1-2H3,(H,15,19). The predicted molar refractivity (Wildman–Crippen MR) is 73.0 cm³/mol. The molecular formula is C13H17ClN4O2.